The zero-order chi connectivity index (χ0) is 16.2. The number of nitrogens with zero attached hydrogens (tertiary/aromatic N) is 2. The molecule has 23 heavy (non-hydrogen) atoms. The van der Waals surface area contributed by atoms with Crippen molar-refractivity contribution in [1.82, 2.24) is 10.4 Å². The molecule has 118 valence electrons. The number of aromatic nitrogens is 1. The number of hydrogen-bond donors (Lipinski definition) is 1. The van der Waals surface area contributed by atoms with Crippen molar-refractivity contribution < 1.29 is 14.3 Å². The first kappa shape index (κ1) is 15.5. The maximum atomic E-state index is 12.0. The number of ether oxygens (including phenoxy) is 2. The molecule has 1 aliphatic rings. The largest absolute Gasteiger partial charge is 0.486 e. The Morgan fingerprint density at radius 1 is 1.17 bits per heavy atom. The molecule has 3 rings (SSSR count). The SMILES string of the molecule is C/C(=N/NC(=O)c1cncc(Br)c1)c1ccc2c(c1)OCCO2. The predicted molar refractivity (Wildman–Crippen MR) is 89.0 cm³/mol. The van der Waals surface area contributed by atoms with Crippen molar-refractivity contribution in [2.75, 3.05) is 13.2 Å². The maximum absolute atomic E-state index is 12.0. The summed E-state index contributed by atoms with van der Waals surface area (Å²) in [6.07, 6.45) is 3.09. The minimum absolute atomic E-state index is 0.323. The summed E-state index contributed by atoms with van der Waals surface area (Å²) in [6, 6.07) is 7.24. The predicted octanol–water partition coefficient (Wildman–Crippen LogP) is 2.77. The topological polar surface area (TPSA) is 72.8 Å². The highest BCUT2D eigenvalue weighted by molar-refractivity contribution is 9.10. The smallest absolute Gasteiger partial charge is 0.272 e. The van der Waals surface area contributed by atoms with Gasteiger partial charge in [0.2, 0.25) is 0 Å². The molecule has 1 aromatic carbocycles. The lowest BCUT2D eigenvalue weighted by atomic mass is 10.1. The van der Waals surface area contributed by atoms with Gasteiger partial charge >= 0.3 is 0 Å². The van der Waals surface area contributed by atoms with Crippen LogP contribution in [0, 0.1) is 0 Å². The zero-order valence-electron chi connectivity index (χ0n) is 12.4. The highest BCUT2D eigenvalue weighted by atomic mass is 79.9. The number of benzene rings is 1. The van der Waals surface area contributed by atoms with Crippen LogP contribution in [0.25, 0.3) is 0 Å². The monoisotopic (exact) mass is 375 g/mol. The number of nitrogens with one attached hydrogen (secondary N) is 1. The number of halogens is 1. The van der Waals surface area contributed by atoms with Crippen LogP contribution in [0.5, 0.6) is 11.5 Å². The van der Waals surface area contributed by atoms with Crippen LogP contribution in [0.2, 0.25) is 0 Å². The fraction of sp³-hybridized carbons (Fsp3) is 0.188. The van der Waals surface area contributed by atoms with Crippen molar-refractivity contribution in [3.8, 4) is 11.5 Å². The zero-order valence-corrected chi connectivity index (χ0v) is 14.0. The Hall–Kier alpha value is -2.41. The van der Waals surface area contributed by atoms with Crippen LogP contribution in [0.15, 0.2) is 46.2 Å². The van der Waals surface area contributed by atoms with Crippen molar-refractivity contribution >= 4 is 27.5 Å². The molecule has 0 fully saturated rings. The normalized spacial score (nSPS) is 13.6. The molecule has 0 bridgehead atoms. The molecule has 1 N–H and O–H groups in total. The van der Waals surface area contributed by atoms with Gasteiger partial charge in [-0.2, -0.15) is 5.10 Å². The number of carbonyl (C=O) groups excluding carboxylic acids is 1. The van der Waals surface area contributed by atoms with Gasteiger partial charge in [-0.25, -0.2) is 5.43 Å². The first-order valence-corrected chi connectivity index (χ1v) is 7.78. The standard InChI is InChI=1S/C16H14BrN3O3/c1-10(11-2-3-14-15(7-11)23-5-4-22-14)19-20-16(21)12-6-13(17)9-18-8-12/h2-3,6-9H,4-5H2,1H3,(H,20,21)/b19-10-. The molecule has 7 heteroatoms. The van der Waals surface area contributed by atoms with Crippen molar-refractivity contribution in [3.05, 3.63) is 52.3 Å². The van der Waals surface area contributed by atoms with E-state index >= 15 is 0 Å². The second kappa shape index (κ2) is 6.78. The number of rotatable bonds is 3. The molecule has 2 heterocycles. The van der Waals surface area contributed by atoms with Gasteiger partial charge in [0.15, 0.2) is 11.5 Å². The van der Waals surface area contributed by atoms with Crippen molar-refractivity contribution in [3.63, 3.8) is 0 Å². The molecular weight excluding hydrogens is 362 g/mol. The van der Waals surface area contributed by atoms with Crippen LogP contribution in [0.1, 0.15) is 22.8 Å². The summed E-state index contributed by atoms with van der Waals surface area (Å²) in [6.45, 7) is 2.89. The molecule has 0 radical (unpaired) electrons. The lowest BCUT2D eigenvalue weighted by Crippen LogP contribution is -2.20. The van der Waals surface area contributed by atoms with E-state index in [1.54, 1.807) is 12.3 Å². The van der Waals surface area contributed by atoms with Gasteiger partial charge in [-0.05, 0) is 47.1 Å². The van der Waals surface area contributed by atoms with E-state index in [1.165, 1.54) is 6.20 Å². The van der Waals surface area contributed by atoms with Crippen LogP contribution in [-0.4, -0.2) is 29.8 Å². The second-order valence-corrected chi connectivity index (χ2v) is 5.80. The molecule has 1 aliphatic heterocycles. The Labute approximate surface area is 141 Å². The third-order valence-electron chi connectivity index (χ3n) is 3.25. The van der Waals surface area contributed by atoms with Crippen molar-refractivity contribution in [1.29, 1.82) is 0 Å². The summed E-state index contributed by atoms with van der Waals surface area (Å²) < 4.78 is 11.8. The van der Waals surface area contributed by atoms with E-state index in [-0.39, 0.29) is 5.91 Å². The molecule has 0 saturated carbocycles. The van der Waals surface area contributed by atoms with E-state index in [0.29, 0.717) is 30.2 Å². The first-order chi connectivity index (χ1) is 11.1. The highest BCUT2D eigenvalue weighted by Gasteiger charge is 2.13. The molecular formula is C16H14BrN3O3. The maximum Gasteiger partial charge on any atom is 0.272 e. The first-order valence-electron chi connectivity index (χ1n) is 6.99. The molecule has 0 unspecified atom stereocenters. The Morgan fingerprint density at radius 3 is 2.74 bits per heavy atom. The molecule has 0 aliphatic carbocycles. The number of pyridine rings is 1. The summed E-state index contributed by atoms with van der Waals surface area (Å²) >= 11 is 3.28. The van der Waals surface area contributed by atoms with Gasteiger partial charge in [0.25, 0.3) is 5.91 Å². The molecule has 0 saturated heterocycles. The minimum Gasteiger partial charge on any atom is -0.486 e. The molecule has 1 amide bonds. The summed E-state index contributed by atoms with van der Waals surface area (Å²) in [5.74, 6) is 1.08. The second-order valence-electron chi connectivity index (χ2n) is 4.89. The molecule has 0 atom stereocenters. The molecule has 0 spiro atoms. The van der Waals surface area contributed by atoms with E-state index < -0.39 is 0 Å². The van der Waals surface area contributed by atoms with Crippen LogP contribution in [0.3, 0.4) is 0 Å². The van der Waals surface area contributed by atoms with Crippen molar-refractivity contribution in [2.45, 2.75) is 6.92 Å². The Balaban J connectivity index is 1.73. The summed E-state index contributed by atoms with van der Waals surface area (Å²) in [7, 11) is 0. The lowest BCUT2D eigenvalue weighted by molar-refractivity contribution is 0.0954. The van der Waals surface area contributed by atoms with Gasteiger partial charge in [0.05, 0.1) is 11.3 Å². The van der Waals surface area contributed by atoms with Gasteiger partial charge in [-0.15, -0.1) is 0 Å². The van der Waals surface area contributed by atoms with Gasteiger partial charge in [-0.3, -0.25) is 9.78 Å². The lowest BCUT2D eigenvalue weighted by Gasteiger charge is -2.18. The average Bonchev–Trinajstić information content (AvgIpc) is 2.59. The quantitative estimate of drug-likeness (QED) is 0.661. The van der Waals surface area contributed by atoms with E-state index in [1.807, 2.05) is 25.1 Å². The summed E-state index contributed by atoms with van der Waals surface area (Å²) in [4.78, 5) is 16.0. The summed E-state index contributed by atoms with van der Waals surface area (Å²) in [5.41, 5.74) is 4.46. The van der Waals surface area contributed by atoms with Gasteiger partial charge in [0.1, 0.15) is 13.2 Å². The van der Waals surface area contributed by atoms with Crippen molar-refractivity contribution in [2.24, 2.45) is 5.10 Å². The van der Waals surface area contributed by atoms with Crippen LogP contribution in [0.4, 0.5) is 0 Å². The van der Waals surface area contributed by atoms with E-state index in [4.69, 9.17) is 9.47 Å². The average molecular weight is 376 g/mol. The molecule has 2 aromatic rings. The minimum atomic E-state index is -0.323. The van der Waals surface area contributed by atoms with E-state index in [2.05, 4.69) is 31.4 Å². The Bertz CT molecular complexity index is 777. The van der Waals surface area contributed by atoms with Gasteiger partial charge in [-0.1, -0.05) is 0 Å². The number of amides is 1. The Morgan fingerprint density at radius 2 is 1.96 bits per heavy atom. The van der Waals surface area contributed by atoms with Gasteiger partial charge in [0, 0.05) is 22.4 Å². The number of fused-ring (bicyclic) bond motifs is 1. The van der Waals surface area contributed by atoms with Crippen LogP contribution < -0.4 is 14.9 Å². The molecule has 6 nitrogen and oxygen atoms in total. The fourth-order valence-electron chi connectivity index (χ4n) is 2.07. The molecule has 1 aromatic heterocycles. The fourth-order valence-corrected chi connectivity index (χ4v) is 2.43. The van der Waals surface area contributed by atoms with Crippen LogP contribution in [-0.2, 0) is 0 Å². The third kappa shape index (κ3) is 3.68. The van der Waals surface area contributed by atoms with Crippen LogP contribution >= 0.6 is 15.9 Å². The highest BCUT2D eigenvalue weighted by Crippen LogP contribution is 2.30. The number of carbonyl (C=O) groups is 1. The van der Waals surface area contributed by atoms with E-state index in [0.717, 1.165) is 15.8 Å². The third-order valence-corrected chi connectivity index (χ3v) is 3.69. The van der Waals surface area contributed by atoms with E-state index in [9.17, 15) is 4.79 Å². The van der Waals surface area contributed by atoms with Gasteiger partial charge < -0.3 is 9.47 Å². The number of hydrazone groups is 1. The summed E-state index contributed by atoms with van der Waals surface area (Å²) in [5, 5.41) is 4.13. The Kier molecular flexibility index (Phi) is 4.57. The number of hydrogen-bond acceptors (Lipinski definition) is 5.